The topological polar surface area (TPSA) is 0 Å². The Labute approximate surface area is 404 Å². The van der Waals surface area contributed by atoms with Crippen LogP contribution in [0.15, 0.2) is 121 Å². The van der Waals surface area contributed by atoms with Gasteiger partial charge in [-0.1, -0.05) is 203 Å². The summed E-state index contributed by atoms with van der Waals surface area (Å²) in [5.41, 5.74) is 24.0. The van der Waals surface area contributed by atoms with Crippen LogP contribution < -0.4 is 0 Å². The van der Waals surface area contributed by atoms with Gasteiger partial charge in [0.25, 0.3) is 0 Å². The van der Waals surface area contributed by atoms with Crippen LogP contribution in [0.5, 0.6) is 0 Å². The van der Waals surface area contributed by atoms with Crippen LogP contribution in [0, 0.1) is 70.2 Å². The van der Waals surface area contributed by atoms with Gasteiger partial charge in [0.05, 0.1) is 0 Å². The van der Waals surface area contributed by atoms with Gasteiger partial charge in [-0.05, 0) is 78.4 Å². The van der Waals surface area contributed by atoms with E-state index >= 15 is 0 Å². The summed E-state index contributed by atoms with van der Waals surface area (Å²) in [4.78, 5) is 0. The Balaban J connectivity index is 0.000000386. The van der Waals surface area contributed by atoms with E-state index in [9.17, 15) is 0 Å². The molecule has 0 bridgehead atoms. The third-order valence-electron chi connectivity index (χ3n) is 11.3. The van der Waals surface area contributed by atoms with Crippen molar-refractivity contribution < 1.29 is 23.3 Å². The molecule has 0 fully saturated rings. The standard InChI is InChI=1S/2C28H29.2CH3.2ClH.Si.Zr/c2*1-17(2)22-15-27-25(23-11-18(3)9-19(4)12-23)7-8-26(28(27)16-22)24-13-20(5)10-21(6)14-24;;;;;;/h2*7-17H,1-6H3;2*1H3;2*1H;;/q4*-1;;;;. The molecule has 0 spiro atoms. The Morgan fingerprint density at radius 1 is 0.355 bits per heavy atom. The molecule has 0 unspecified atom stereocenters. The maximum absolute atomic E-state index is 3.06. The summed E-state index contributed by atoms with van der Waals surface area (Å²) in [7, 11) is 0. The van der Waals surface area contributed by atoms with Crippen LogP contribution in [-0.4, -0.2) is 6.88 Å². The molecule has 0 saturated heterocycles. The summed E-state index contributed by atoms with van der Waals surface area (Å²) in [5.74, 6) is 1.04. The van der Waals surface area contributed by atoms with Crippen molar-refractivity contribution in [3.8, 4) is 44.5 Å². The molecule has 8 aromatic rings. The van der Waals surface area contributed by atoms with Crippen LogP contribution in [0.4, 0.5) is 0 Å². The second-order valence-electron chi connectivity index (χ2n) is 17.4. The molecule has 0 amide bonds. The van der Waals surface area contributed by atoms with Crippen molar-refractivity contribution >= 4 is 53.2 Å². The van der Waals surface area contributed by atoms with Crippen LogP contribution in [0.1, 0.15) is 95.2 Å². The van der Waals surface area contributed by atoms with Gasteiger partial charge in [0, 0.05) is 0 Å². The summed E-state index contributed by atoms with van der Waals surface area (Å²) in [6, 6.07) is 46.3. The molecule has 0 aliphatic heterocycles. The van der Waals surface area contributed by atoms with E-state index in [0.717, 1.165) is 0 Å². The first-order valence-corrected chi connectivity index (χ1v) is 24.9. The second kappa shape index (κ2) is 23.2. The first kappa shape index (κ1) is 54.4. The van der Waals surface area contributed by atoms with Crippen LogP contribution in [0.2, 0.25) is 0 Å². The van der Waals surface area contributed by atoms with Crippen LogP contribution in [0.3, 0.4) is 0 Å². The van der Waals surface area contributed by atoms with Gasteiger partial charge in [-0.15, -0.1) is 69.6 Å². The van der Waals surface area contributed by atoms with E-state index in [1.807, 2.05) is 0 Å². The molecule has 0 aromatic heterocycles. The van der Waals surface area contributed by atoms with Gasteiger partial charge in [0.2, 0.25) is 0 Å². The molecule has 0 aliphatic carbocycles. The summed E-state index contributed by atoms with van der Waals surface area (Å²) < 4.78 is 0. The van der Waals surface area contributed by atoms with Gasteiger partial charge in [0.15, 0.2) is 0 Å². The Morgan fingerprint density at radius 3 is 0.790 bits per heavy atom. The first-order valence-electron chi connectivity index (χ1n) is 20.7. The average Bonchev–Trinajstić information content (AvgIpc) is 3.80. The molecule has 0 aliphatic rings. The average molecular weight is 953 g/mol. The molecule has 324 valence electrons. The van der Waals surface area contributed by atoms with Crippen LogP contribution in [0.25, 0.3) is 66.1 Å². The Kier molecular flexibility index (Phi) is 20.4. The molecular weight excluding hydrogens is 887 g/mol. The number of aryl methyl sites for hydroxylation is 8. The van der Waals surface area contributed by atoms with Crippen molar-refractivity contribution in [2.45, 2.75) is 94.9 Å². The normalized spacial score (nSPS) is 10.5. The van der Waals surface area contributed by atoms with E-state index in [1.165, 1.54) is 145 Å². The van der Waals surface area contributed by atoms with E-state index in [4.69, 9.17) is 0 Å². The molecule has 0 nitrogen and oxygen atoms in total. The second-order valence-corrected chi connectivity index (χ2v) is 17.4. The predicted octanol–water partition coefficient (Wildman–Crippen LogP) is 17.9. The Bertz CT molecular complexity index is 2310. The zero-order valence-corrected chi connectivity index (χ0v) is 44.6. The molecule has 8 aromatic carbocycles. The van der Waals surface area contributed by atoms with E-state index in [1.54, 1.807) is 0 Å². The SMILES string of the molecule is Cc1cc(C)cc(-c2ccc(-c3cc(C)cc(C)c3)c3[cH-]c(C(C)C)cc23)c1.Cc1cc(C)cc(-c2ccc(-c3cc(C)cc(C)c3)c3[cH-]c(C(C)C)cc23)c1.Cl.Cl.[CH3-].[CH3-].[Si]=[Zr]. The van der Waals surface area contributed by atoms with Crippen molar-refractivity contribution in [1.82, 2.24) is 0 Å². The summed E-state index contributed by atoms with van der Waals surface area (Å²) in [6.45, 7) is 29.6. The number of benzene rings is 6. The number of hydrogen-bond donors (Lipinski definition) is 0. The third kappa shape index (κ3) is 12.3. The summed E-state index contributed by atoms with van der Waals surface area (Å²) in [6.07, 6.45) is 0. The van der Waals surface area contributed by atoms with Gasteiger partial charge in [-0.3, -0.25) is 0 Å². The Morgan fingerprint density at radius 2 is 0.565 bits per heavy atom. The van der Waals surface area contributed by atoms with E-state index < -0.39 is 0 Å². The zero-order chi connectivity index (χ0) is 42.0. The van der Waals surface area contributed by atoms with E-state index in [-0.39, 0.29) is 39.7 Å². The fraction of sp³-hybridized carbons (Fsp3) is 0.241. The quantitative estimate of drug-likeness (QED) is 0.115. The van der Waals surface area contributed by atoms with E-state index in [2.05, 4.69) is 211 Å². The number of hydrogen-bond acceptors (Lipinski definition) is 0. The molecule has 2 radical (unpaired) electrons. The van der Waals surface area contributed by atoms with Gasteiger partial charge in [-0.25, -0.2) is 0 Å². The monoisotopic (exact) mass is 950 g/mol. The molecule has 0 heterocycles. The molecule has 62 heavy (non-hydrogen) atoms. The summed E-state index contributed by atoms with van der Waals surface area (Å²) in [5, 5.41) is 5.46. The molecule has 0 saturated carbocycles. The molecule has 8 rings (SSSR count). The number of fused-ring (bicyclic) bond motifs is 2. The Hall–Kier alpha value is -3.78. The number of rotatable bonds is 6. The van der Waals surface area contributed by atoms with E-state index in [0.29, 0.717) is 11.8 Å². The fourth-order valence-corrected chi connectivity index (χ4v) is 8.84. The third-order valence-corrected chi connectivity index (χ3v) is 11.3. The van der Waals surface area contributed by atoms with Crippen LogP contribution in [-0.2, 0) is 23.3 Å². The van der Waals surface area contributed by atoms with Crippen molar-refractivity contribution in [3.63, 3.8) is 0 Å². The molecular formula is C58H66Cl2SiZr-4. The molecule has 4 heteroatoms. The minimum absolute atomic E-state index is 0. The van der Waals surface area contributed by atoms with Crippen molar-refractivity contribution in [3.05, 3.63) is 192 Å². The van der Waals surface area contributed by atoms with Crippen molar-refractivity contribution in [1.29, 1.82) is 0 Å². The van der Waals surface area contributed by atoms with Gasteiger partial charge >= 0.3 is 30.2 Å². The number of halogens is 2. The van der Waals surface area contributed by atoms with Gasteiger partial charge in [0.1, 0.15) is 0 Å². The van der Waals surface area contributed by atoms with Crippen LogP contribution >= 0.6 is 24.8 Å². The molecule has 0 atom stereocenters. The van der Waals surface area contributed by atoms with Gasteiger partial charge in [-0.2, -0.15) is 12.1 Å². The summed E-state index contributed by atoms with van der Waals surface area (Å²) >= 11 is 1.36. The van der Waals surface area contributed by atoms with Gasteiger partial charge < -0.3 is 14.9 Å². The predicted molar refractivity (Wildman–Crippen MR) is 280 cm³/mol. The zero-order valence-electron chi connectivity index (χ0n) is 39.5. The van der Waals surface area contributed by atoms with Crippen molar-refractivity contribution in [2.75, 3.05) is 0 Å². The molecule has 0 N–H and O–H groups in total. The maximum atomic E-state index is 3.06. The first-order chi connectivity index (χ1) is 27.6. The van der Waals surface area contributed by atoms with Crippen molar-refractivity contribution in [2.24, 2.45) is 0 Å². The fourth-order valence-electron chi connectivity index (χ4n) is 8.84. The minimum atomic E-state index is 0.